The van der Waals surface area contributed by atoms with Crippen molar-refractivity contribution in [1.29, 1.82) is 0 Å². The lowest BCUT2D eigenvalue weighted by Gasteiger charge is -2.29. The zero-order valence-corrected chi connectivity index (χ0v) is 18.0. The minimum Gasteiger partial charge on any atom is -0.467 e. The lowest BCUT2D eigenvalue weighted by molar-refractivity contribution is -0.126. The standard InChI is InChI=1S/C21H22FN5O4S/c1-2-15(20(29)25-10-12-5-7-13(22)8-6-12)27(11-14-4-3-9-31-14)21(30)18-16(23)17(19(24)28)26-32-18/h3-9,15H,2,10-11,23H2,1H3,(H2,24,28)(H,25,29)/t15-/m1/s1. The van der Waals surface area contributed by atoms with Crippen molar-refractivity contribution in [3.63, 3.8) is 0 Å². The van der Waals surface area contributed by atoms with Gasteiger partial charge in [-0.25, -0.2) is 4.39 Å². The van der Waals surface area contributed by atoms with E-state index in [0.29, 0.717) is 17.7 Å². The molecule has 0 aliphatic rings. The van der Waals surface area contributed by atoms with Gasteiger partial charge in [0.2, 0.25) is 5.91 Å². The molecule has 1 aromatic carbocycles. The summed E-state index contributed by atoms with van der Waals surface area (Å²) in [6.07, 6.45) is 1.75. The number of nitrogen functional groups attached to an aromatic ring is 1. The number of nitrogens with two attached hydrogens (primary N) is 2. The second-order valence-corrected chi connectivity index (χ2v) is 7.69. The van der Waals surface area contributed by atoms with Crippen LogP contribution in [0.3, 0.4) is 0 Å². The summed E-state index contributed by atoms with van der Waals surface area (Å²) in [6, 6.07) is 8.19. The van der Waals surface area contributed by atoms with Gasteiger partial charge in [0.1, 0.15) is 22.5 Å². The number of amides is 3. The monoisotopic (exact) mass is 459 g/mol. The Balaban J connectivity index is 1.85. The van der Waals surface area contributed by atoms with Gasteiger partial charge >= 0.3 is 0 Å². The normalized spacial score (nSPS) is 11.7. The molecule has 0 aliphatic carbocycles. The molecule has 168 valence electrons. The van der Waals surface area contributed by atoms with Gasteiger partial charge in [0.05, 0.1) is 18.5 Å². The van der Waals surface area contributed by atoms with E-state index in [0.717, 1.165) is 11.5 Å². The number of primary amides is 1. The van der Waals surface area contributed by atoms with Crippen LogP contribution in [0, 0.1) is 5.82 Å². The summed E-state index contributed by atoms with van der Waals surface area (Å²) in [5.74, 6) is -1.75. The number of furan rings is 1. The number of hydrogen-bond donors (Lipinski definition) is 3. The average molecular weight is 460 g/mol. The summed E-state index contributed by atoms with van der Waals surface area (Å²) in [7, 11) is 0. The number of hydrogen-bond acceptors (Lipinski definition) is 7. The van der Waals surface area contributed by atoms with Crippen molar-refractivity contribution in [2.24, 2.45) is 5.73 Å². The van der Waals surface area contributed by atoms with Crippen LogP contribution in [0.25, 0.3) is 0 Å². The molecule has 0 bridgehead atoms. The van der Waals surface area contributed by atoms with E-state index < -0.39 is 23.8 Å². The van der Waals surface area contributed by atoms with E-state index in [1.165, 1.54) is 23.3 Å². The second kappa shape index (κ2) is 10.1. The van der Waals surface area contributed by atoms with Crippen LogP contribution in [0.5, 0.6) is 0 Å². The van der Waals surface area contributed by atoms with Crippen molar-refractivity contribution in [3.8, 4) is 0 Å². The first-order chi connectivity index (χ1) is 15.3. The van der Waals surface area contributed by atoms with Gasteiger partial charge < -0.3 is 26.1 Å². The van der Waals surface area contributed by atoms with Crippen LogP contribution in [-0.4, -0.2) is 33.0 Å². The van der Waals surface area contributed by atoms with E-state index in [9.17, 15) is 18.8 Å². The Labute approximate surface area is 187 Å². The molecule has 3 aromatic rings. The van der Waals surface area contributed by atoms with Gasteiger partial charge in [-0.3, -0.25) is 14.4 Å². The Hall–Kier alpha value is -3.73. The molecule has 2 heterocycles. The number of rotatable bonds is 9. The van der Waals surface area contributed by atoms with Crippen molar-refractivity contribution in [3.05, 3.63) is 70.4 Å². The minimum absolute atomic E-state index is 0.00243. The molecule has 0 saturated carbocycles. The largest absolute Gasteiger partial charge is 0.467 e. The van der Waals surface area contributed by atoms with E-state index in [-0.39, 0.29) is 35.2 Å². The summed E-state index contributed by atoms with van der Waals surface area (Å²) in [5.41, 5.74) is 11.6. The van der Waals surface area contributed by atoms with Crippen molar-refractivity contribution >= 4 is 34.9 Å². The van der Waals surface area contributed by atoms with Crippen LogP contribution in [0.15, 0.2) is 47.1 Å². The van der Waals surface area contributed by atoms with Gasteiger partial charge in [-0.15, -0.1) is 0 Å². The lowest BCUT2D eigenvalue weighted by atomic mass is 10.1. The Morgan fingerprint density at radius 2 is 1.97 bits per heavy atom. The topological polar surface area (TPSA) is 145 Å². The summed E-state index contributed by atoms with van der Waals surface area (Å²) in [4.78, 5) is 39.1. The number of benzene rings is 1. The molecule has 2 aromatic heterocycles. The number of carbonyl (C=O) groups is 3. The Kier molecular flexibility index (Phi) is 7.21. The molecule has 0 aliphatic heterocycles. The summed E-state index contributed by atoms with van der Waals surface area (Å²) < 4.78 is 22.3. The van der Waals surface area contributed by atoms with Crippen LogP contribution in [-0.2, 0) is 17.9 Å². The second-order valence-electron chi connectivity index (χ2n) is 6.92. The molecule has 0 unspecified atom stereocenters. The first kappa shape index (κ1) is 22.9. The molecule has 3 rings (SSSR count). The van der Waals surface area contributed by atoms with Gasteiger partial charge in [-0.2, -0.15) is 4.37 Å². The molecular weight excluding hydrogens is 437 g/mol. The maximum atomic E-state index is 13.3. The van der Waals surface area contributed by atoms with Gasteiger partial charge in [-0.05, 0) is 47.8 Å². The molecule has 9 nitrogen and oxygen atoms in total. The van der Waals surface area contributed by atoms with E-state index in [2.05, 4.69) is 9.69 Å². The fourth-order valence-electron chi connectivity index (χ4n) is 3.11. The van der Waals surface area contributed by atoms with Crippen molar-refractivity contribution in [1.82, 2.24) is 14.6 Å². The predicted molar refractivity (Wildman–Crippen MR) is 116 cm³/mol. The molecule has 11 heteroatoms. The van der Waals surface area contributed by atoms with E-state index in [4.69, 9.17) is 15.9 Å². The average Bonchev–Trinajstić information content (AvgIpc) is 3.42. The lowest BCUT2D eigenvalue weighted by Crippen LogP contribution is -2.48. The summed E-state index contributed by atoms with van der Waals surface area (Å²) in [5, 5.41) is 2.77. The molecule has 0 saturated heterocycles. The van der Waals surface area contributed by atoms with Gasteiger partial charge in [0, 0.05) is 6.54 Å². The minimum atomic E-state index is -0.869. The number of anilines is 1. The quantitative estimate of drug-likeness (QED) is 0.448. The van der Waals surface area contributed by atoms with E-state index in [1.54, 1.807) is 31.2 Å². The zero-order valence-electron chi connectivity index (χ0n) is 17.2. The SMILES string of the molecule is CC[C@H](C(=O)NCc1ccc(F)cc1)N(Cc1ccco1)C(=O)c1snc(C(N)=O)c1N. The van der Waals surface area contributed by atoms with Gasteiger partial charge in [0.25, 0.3) is 11.8 Å². The van der Waals surface area contributed by atoms with Crippen LogP contribution >= 0.6 is 11.5 Å². The fourth-order valence-corrected chi connectivity index (χ4v) is 3.87. The van der Waals surface area contributed by atoms with E-state index in [1.807, 2.05) is 0 Å². The number of carbonyl (C=O) groups excluding carboxylic acids is 3. The number of nitrogens with one attached hydrogen (secondary N) is 1. The highest BCUT2D eigenvalue weighted by Crippen LogP contribution is 2.26. The highest BCUT2D eigenvalue weighted by Gasteiger charge is 2.33. The number of nitrogens with zero attached hydrogens (tertiary/aromatic N) is 2. The van der Waals surface area contributed by atoms with Crippen LogP contribution in [0.2, 0.25) is 0 Å². The Morgan fingerprint density at radius 1 is 1.25 bits per heavy atom. The third kappa shape index (κ3) is 5.11. The number of halogens is 1. The number of aromatic nitrogens is 1. The van der Waals surface area contributed by atoms with Crippen molar-refractivity contribution in [2.45, 2.75) is 32.5 Å². The van der Waals surface area contributed by atoms with Crippen molar-refractivity contribution in [2.75, 3.05) is 5.73 Å². The molecule has 1 atom stereocenters. The molecule has 3 amide bonds. The Bertz CT molecular complexity index is 1100. The van der Waals surface area contributed by atoms with Gasteiger partial charge in [-0.1, -0.05) is 19.1 Å². The maximum Gasteiger partial charge on any atom is 0.270 e. The van der Waals surface area contributed by atoms with Crippen LogP contribution in [0.1, 0.15) is 44.8 Å². The first-order valence-electron chi connectivity index (χ1n) is 9.72. The van der Waals surface area contributed by atoms with Crippen molar-refractivity contribution < 1.29 is 23.2 Å². The highest BCUT2D eigenvalue weighted by molar-refractivity contribution is 7.09. The van der Waals surface area contributed by atoms with Crippen LogP contribution < -0.4 is 16.8 Å². The molecule has 0 radical (unpaired) electrons. The highest BCUT2D eigenvalue weighted by atomic mass is 32.1. The fraction of sp³-hybridized carbons (Fsp3) is 0.238. The third-order valence-electron chi connectivity index (χ3n) is 4.77. The van der Waals surface area contributed by atoms with Crippen LogP contribution in [0.4, 0.5) is 10.1 Å². The molecule has 5 N–H and O–H groups in total. The predicted octanol–water partition coefficient (Wildman–Crippen LogP) is 2.29. The van der Waals surface area contributed by atoms with Gasteiger partial charge in [0.15, 0.2) is 5.69 Å². The Morgan fingerprint density at radius 3 is 2.53 bits per heavy atom. The maximum absolute atomic E-state index is 13.3. The first-order valence-corrected chi connectivity index (χ1v) is 10.5. The zero-order chi connectivity index (χ0) is 23.3. The molecule has 32 heavy (non-hydrogen) atoms. The van der Waals surface area contributed by atoms with E-state index >= 15 is 0 Å². The summed E-state index contributed by atoms with van der Waals surface area (Å²) >= 11 is 0.740. The molecule has 0 spiro atoms. The third-order valence-corrected chi connectivity index (χ3v) is 5.62. The summed E-state index contributed by atoms with van der Waals surface area (Å²) in [6.45, 7) is 1.92. The smallest absolute Gasteiger partial charge is 0.270 e. The molecular formula is C21H22FN5O4S. The molecule has 0 fully saturated rings.